The van der Waals surface area contributed by atoms with Gasteiger partial charge < -0.3 is 33.7 Å². The van der Waals surface area contributed by atoms with Crippen molar-refractivity contribution in [3.8, 4) is 0 Å². The van der Waals surface area contributed by atoms with E-state index in [0.29, 0.717) is 0 Å². The van der Waals surface area contributed by atoms with Gasteiger partial charge in [-0.05, 0) is 6.07 Å². The standard InChI is InChI=1S/C22H26N2O13/c1-11(25)33-9-16-19(35-12(2)26)20(34-10-17(28)32-4)18(22(37-16)36-13(3)27)23-21(29)14-6-5-7-15(8-14)24(30)31/h5-8,16,18-20,22H,9-10H2,1-4H3,(H,23,29)/t16-,18-,19+,20+,22+/m0/s1. The second-order valence-corrected chi connectivity index (χ2v) is 7.69. The third-order valence-electron chi connectivity index (χ3n) is 4.92. The monoisotopic (exact) mass is 526 g/mol. The van der Waals surface area contributed by atoms with E-state index in [1.54, 1.807) is 0 Å². The number of nitro benzene ring substituents is 1. The first-order valence-corrected chi connectivity index (χ1v) is 10.8. The topological polar surface area (TPSA) is 196 Å². The van der Waals surface area contributed by atoms with E-state index in [1.165, 1.54) is 18.2 Å². The van der Waals surface area contributed by atoms with Crippen molar-refractivity contribution in [2.45, 2.75) is 51.4 Å². The molecular formula is C22H26N2O13. The highest BCUT2D eigenvalue weighted by Crippen LogP contribution is 2.28. The average molecular weight is 526 g/mol. The number of benzene rings is 1. The molecule has 0 radical (unpaired) electrons. The third-order valence-corrected chi connectivity index (χ3v) is 4.92. The van der Waals surface area contributed by atoms with Crippen molar-refractivity contribution in [3.63, 3.8) is 0 Å². The number of hydrogen-bond donors (Lipinski definition) is 1. The summed E-state index contributed by atoms with van der Waals surface area (Å²) in [4.78, 5) is 70.3. The number of nitrogens with one attached hydrogen (secondary N) is 1. The van der Waals surface area contributed by atoms with E-state index in [4.69, 9.17) is 23.7 Å². The van der Waals surface area contributed by atoms with Crippen LogP contribution in [0.15, 0.2) is 24.3 Å². The Balaban J connectivity index is 2.49. The van der Waals surface area contributed by atoms with Crippen molar-refractivity contribution < 1.29 is 57.3 Å². The van der Waals surface area contributed by atoms with Crippen LogP contribution in [-0.4, -0.2) is 85.7 Å². The second-order valence-electron chi connectivity index (χ2n) is 7.69. The molecule has 1 aliphatic heterocycles. The summed E-state index contributed by atoms with van der Waals surface area (Å²) in [6.45, 7) is 2.13. The largest absolute Gasteiger partial charge is 0.467 e. The minimum absolute atomic E-state index is 0.131. The Morgan fingerprint density at radius 3 is 2.27 bits per heavy atom. The SMILES string of the molecule is COC(=O)CO[C@@H]1[C@H](NC(=O)c2cccc([N+](=O)[O-])c2)[C@H](OC(C)=O)O[C@@H](COC(C)=O)[C@H]1OC(C)=O. The summed E-state index contributed by atoms with van der Waals surface area (Å²) in [6.07, 6.45) is -5.59. The van der Waals surface area contributed by atoms with Gasteiger partial charge in [-0.2, -0.15) is 0 Å². The predicted molar refractivity (Wildman–Crippen MR) is 119 cm³/mol. The highest BCUT2D eigenvalue weighted by Gasteiger charge is 2.51. The summed E-state index contributed by atoms with van der Waals surface area (Å²) < 4.78 is 31.4. The summed E-state index contributed by atoms with van der Waals surface area (Å²) >= 11 is 0. The van der Waals surface area contributed by atoms with Crippen LogP contribution in [0.25, 0.3) is 0 Å². The number of carbonyl (C=O) groups is 5. The van der Waals surface area contributed by atoms with Gasteiger partial charge in [0.25, 0.3) is 11.6 Å². The van der Waals surface area contributed by atoms with Crippen molar-refractivity contribution in [1.29, 1.82) is 0 Å². The van der Waals surface area contributed by atoms with E-state index < -0.39 is 78.6 Å². The van der Waals surface area contributed by atoms with Crippen molar-refractivity contribution >= 4 is 35.5 Å². The fourth-order valence-electron chi connectivity index (χ4n) is 3.41. The summed E-state index contributed by atoms with van der Waals surface area (Å²) in [6, 6.07) is 3.37. The lowest BCUT2D eigenvalue weighted by molar-refractivity contribution is -0.384. The summed E-state index contributed by atoms with van der Waals surface area (Å²) in [5.74, 6) is -4.01. The van der Waals surface area contributed by atoms with Crippen LogP contribution in [0.2, 0.25) is 0 Å². The van der Waals surface area contributed by atoms with E-state index in [2.05, 4.69) is 10.1 Å². The number of ether oxygens (including phenoxy) is 6. The lowest BCUT2D eigenvalue weighted by Gasteiger charge is -2.44. The molecule has 0 spiro atoms. The lowest BCUT2D eigenvalue weighted by Crippen LogP contribution is -2.66. The number of amides is 1. The number of esters is 4. The smallest absolute Gasteiger partial charge is 0.331 e. The molecule has 1 aliphatic rings. The van der Waals surface area contributed by atoms with Crippen LogP contribution in [0.3, 0.4) is 0 Å². The molecule has 1 amide bonds. The van der Waals surface area contributed by atoms with Crippen molar-refractivity contribution in [2.24, 2.45) is 0 Å². The molecule has 0 saturated carbocycles. The van der Waals surface area contributed by atoms with Gasteiger partial charge in [0.05, 0.1) is 12.0 Å². The average Bonchev–Trinajstić information content (AvgIpc) is 2.83. The maximum atomic E-state index is 13.0. The first kappa shape index (κ1) is 29.1. The Kier molecular flexibility index (Phi) is 10.4. The van der Waals surface area contributed by atoms with Gasteiger partial charge in [-0.15, -0.1) is 0 Å². The fourth-order valence-corrected chi connectivity index (χ4v) is 3.41. The number of rotatable bonds is 10. The van der Waals surface area contributed by atoms with E-state index in [1.807, 2.05) is 0 Å². The molecular weight excluding hydrogens is 500 g/mol. The van der Waals surface area contributed by atoms with Gasteiger partial charge in [-0.3, -0.25) is 29.3 Å². The highest BCUT2D eigenvalue weighted by molar-refractivity contribution is 5.95. The van der Waals surface area contributed by atoms with Crippen LogP contribution in [0.5, 0.6) is 0 Å². The molecule has 1 N–H and O–H groups in total. The van der Waals surface area contributed by atoms with Gasteiger partial charge in [0.15, 0.2) is 6.10 Å². The quantitative estimate of drug-likeness (QED) is 0.186. The number of non-ortho nitro benzene ring substituents is 1. The fraction of sp³-hybridized carbons (Fsp3) is 0.500. The number of nitrogens with zero attached hydrogens (tertiary/aromatic N) is 1. The number of carbonyl (C=O) groups excluding carboxylic acids is 5. The molecule has 2 rings (SSSR count). The van der Waals surface area contributed by atoms with E-state index in [0.717, 1.165) is 33.9 Å². The Hall–Kier alpha value is -4.11. The van der Waals surface area contributed by atoms with Gasteiger partial charge >= 0.3 is 23.9 Å². The van der Waals surface area contributed by atoms with Crippen molar-refractivity contribution in [3.05, 3.63) is 39.9 Å². The minimum atomic E-state index is -1.57. The zero-order chi connectivity index (χ0) is 27.7. The van der Waals surface area contributed by atoms with Crippen LogP contribution in [-0.2, 0) is 47.6 Å². The van der Waals surface area contributed by atoms with E-state index in [9.17, 15) is 34.1 Å². The molecule has 0 bridgehead atoms. The molecule has 37 heavy (non-hydrogen) atoms. The van der Waals surface area contributed by atoms with Crippen LogP contribution in [0.1, 0.15) is 31.1 Å². The molecule has 0 aliphatic carbocycles. The summed E-state index contributed by atoms with van der Waals surface area (Å²) in [7, 11) is 1.10. The van der Waals surface area contributed by atoms with Crippen LogP contribution >= 0.6 is 0 Å². The Morgan fingerprint density at radius 2 is 1.70 bits per heavy atom. The molecule has 202 valence electrons. The molecule has 1 aromatic carbocycles. The summed E-state index contributed by atoms with van der Waals surface area (Å²) in [5.41, 5.74) is -0.490. The Labute approximate surface area is 210 Å². The van der Waals surface area contributed by atoms with E-state index in [-0.39, 0.29) is 11.3 Å². The zero-order valence-electron chi connectivity index (χ0n) is 20.4. The van der Waals surface area contributed by atoms with Crippen LogP contribution in [0.4, 0.5) is 5.69 Å². The van der Waals surface area contributed by atoms with Crippen LogP contribution in [0, 0.1) is 10.1 Å². The predicted octanol–water partition coefficient (Wildman–Crippen LogP) is 0.0342. The van der Waals surface area contributed by atoms with Crippen molar-refractivity contribution in [1.82, 2.24) is 5.32 Å². The molecule has 5 atom stereocenters. The lowest BCUT2D eigenvalue weighted by atomic mass is 9.95. The van der Waals surface area contributed by atoms with Gasteiger partial charge in [0, 0.05) is 38.5 Å². The molecule has 15 nitrogen and oxygen atoms in total. The highest BCUT2D eigenvalue weighted by atomic mass is 16.7. The molecule has 1 aromatic rings. The minimum Gasteiger partial charge on any atom is -0.467 e. The second kappa shape index (κ2) is 13.3. The normalized spacial score (nSPS) is 22.8. The van der Waals surface area contributed by atoms with Gasteiger partial charge in [-0.1, -0.05) is 6.07 Å². The van der Waals surface area contributed by atoms with Crippen molar-refractivity contribution in [2.75, 3.05) is 20.3 Å². The molecule has 15 heteroatoms. The first-order valence-electron chi connectivity index (χ1n) is 10.8. The van der Waals surface area contributed by atoms with E-state index >= 15 is 0 Å². The molecule has 0 unspecified atom stereocenters. The number of nitro groups is 1. The third kappa shape index (κ3) is 8.50. The van der Waals surface area contributed by atoms with Gasteiger partial charge in [0.1, 0.15) is 31.5 Å². The number of methoxy groups -OCH3 is 1. The maximum absolute atomic E-state index is 13.0. The maximum Gasteiger partial charge on any atom is 0.331 e. The van der Waals surface area contributed by atoms with Crippen LogP contribution < -0.4 is 5.32 Å². The first-order chi connectivity index (χ1) is 17.4. The molecule has 0 aromatic heterocycles. The zero-order valence-corrected chi connectivity index (χ0v) is 20.4. The number of hydrogen-bond acceptors (Lipinski definition) is 13. The van der Waals surface area contributed by atoms with Gasteiger partial charge in [-0.25, -0.2) is 4.79 Å². The molecule has 1 heterocycles. The molecule has 1 fully saturated rings. The summed E-state index contributed by atoms with van der Waals surface area (Å²) in [5, 5.41) is 13.6. The Morgan fingerprint density at radius 1 is 1.03 bits per heavy atom. The molecule has 1 saturated heterocycles. The Bertz CT molecular complexity index is 1040. The van der Waals surface area contributed by atoms with Gasteiger partial charge in [0.2, 0.25) is 6.29 Å².